The Hall–Kier alpha value is -3.06. The predicted molar refractivity (Wildman–Crippen MR) is 95.4 cm³/mol. The maximum absolute atomic E-state index is 12.0. The van der Waals surface area contributed by atoms with E-state index in [1.54, 1.807) is 12.1 Å². The summed E-state index contributed by atoms with van der Waals surface area (Å²) < 4.78 is 5.37. The Bertz CT molecular complexity index is 843. The zero-order chi connectivity index (χ0) is 19.3. The fourth-order valence-corrected chi connectivity index (χ4v) is 2.34. The number of halogens is 1. The third kappa shape index (κ3) is 4.73. The van der Waals surface area contributed by atoms with E-state index >= 15 is 0 Å². The lowest BCUT2D eigenvalue weighted by atomic mass is 10.1. The van der Waals surface area contributed by atoms with E-state index in [1.807, 2.05) is 13.8 Å². The summed E-state index contributed by atoms with van der Waals surface area (Å²) in [6.07, 6.45) is 0. The highest BCUT2D eigenvalue weighted by Gasteiger charge is 2.16. The van der Waals surface area contributed by atoms with Gasteiger partial charge in [0.1, 0.15) is 5.75 Å². The number of rotatable bonds is 5. The van der Waals surface area contributed by atoms with Crippen molar-refractivity contribution in [3.05, 3.63) is 63.7 Å². The molecule has 7 nitrogen and oxygen atoms in total. The molecule has 0 unspecified atom stereocenters. The largest absolute Gasteiger partial charge is 0.484 e. The number of carboxylic acid groups (broad SMARTS) is 1. The minimum absolute atomic E-state index is 0.0647. The van der Waals surface area contributed by atoms with Crippen LogP contribution in [0.15, 0.2) is 36.4 Å². The van der Waals surface area contributed by atoms with Gasteiger partial charge in [-0.2, -0.15) is 0 Å². The number of ether oxygens (including phenoxy) is 1. The van der Waals surface area contributed by atoms with Gasteiger partial charge in [0, 0.05) is 5.02 Å². The van der Waals surface area contributed by atoms with Gasteiger partial charge in [0.2, 0.25) is 0 Å². The summed E-state index contributed by atoms with van der Waals surface area (Å²) in [5.41, 5.74) is 5.75. The standard InChI is InChI=1S/C18H17ClN2O5/c1-10-7-12(8-11(2)16(10)19)26-9-15(22)20-21-17(23)13-5-3-4-6-14(13)18(24)25/h3-8H,9H2,1-2H3,(H,20,22)(H,21,23)(H,24,25). The summed E-state index contributed by atoms with van der Waals surface area (Å²) in [4.78, 5) is 35.0. The van der Waals surface area contributed by atoms with Crippen molar-refractivity contribution in [3.8, 4) is 5.75 Å². The van der Waals surface area contributed by atoms with E-state index in [0.717, 1.165) is 11.1 Å². The number of hydrogen-bond acceptors (Lipinski definition) is 4. The first kappa shape index (κ1) is 19.3. The molecule has 0 aromatic heterocycles. The number of hydrogen-bond donors (Lipinski definition) is 3. The molecule has 2 rings (SSSR count). The van der Waals surface area contributed by atoms with Gasteiger partial charge in [-0.25, -0.2) is 4.79 Å². The number of nitrogens with one attached hydrogen (secondary N) is 2. The van der Waals surface area contributed by atoms with Crippen molar-refractivity contribution < 1.29 is 24.2 Å². The number of carboxylic acids is 1. The van der Waals surface area contributed by atoms with Crippen LogP contribution in [0.3, 0.4) is 0 Å². The molecule has 2 aromatic carbocycles. The molecule has 8 heteroatoms. The summed E-state index contributed by atoms with van der Waals surface area (Å²) in [6, 6.07) is 9.07. The summed E-state index contributed by atoms with van der Waals surface area (Å²) in [6.45, 7) is 3.31. The molecule has 0 aliphatic carbocycles. The highest BCUT2D eigenvalue weighted by molar-refractivity contribution is 6.32. The molecule has 2 aromatic rings. The molecule has 0 aliphatic heterocycles. The van der Waals surface area contributed by atoms with Crippen molar-refractivity contribution >= 4 is 29.4 Å². The topological polar surface area (TPSA) is 105 Å². The molecule has 0 atom stereocenters. The van der Waals surface area contributed by atoms with Gasteiger partial charge in [-0.15, -0.1) is 0 Å². The van der Waals surface area contributed by atoms with Crippen LogP contribution >= 0.6 is 11.6 Å². The molecule has 136 valence electrons. The smallest absolute Gasteiger partial charge is 0.336 e. The zero-order valence-corrected chi connectivity index (χ0v) is 14.9. The lowest BCUT2D eigenvalue weighted by molar-refractivity contribution is -0.123. The minimum Gasteiger partial charge on any atom is -0.484 e. The van der Waals surface area contributed by atoms with Gasteiger partial charge in [-0.3, -0.25) is 20.4 Å². The molecule has 0 fully saturated rings. The Kier molecular flexibility index (Phi) is 6.19. The third-order valence-electron chi connectivity index (χ3n) is 3.50. The van der Waals surface area contributed by atoms with Crippen LogP contribution in [0, 0.1) is 13.8 Å². The molecular weight excluding hydrogens is 360 g/mol. The molecule has 2 amide bonds. The van der Waals surface area contributed by atoms with E-state index in [0.29, 0.717) is 10.8 Å². The number of carbonyl (C=O) groups is 3. The molecule has 3 N–H and O–H groups in total. The normalized spacial score (nSPS) is 10.1. The van der Waals surface area contributed by atoms with Crippen LogP contribution in [0.4, 0.5) is 0 Å². The molecule has 0 bridgehead atoms. The van der Waals surface area contributed by atoms with Gasteiger partial charge < -0.3 is 9.84 Å². The fraction of sp³-hybridized carbons (Fsp3) is 0.167. The van der Waals surface area contributed by atoms with Crippen molar-refractivity contribution in [2.24, 2.45) is 0 Å². The highest BCUT2D eigenvalue weighted by Crippen LogP contribution is 2.25. The second-order valence-corrected chi connectivity index (χ2v) is 5.89. The Morgan fingerprint density at radius 3 is 2.19 bits per heavy atom. The first-order chi connectivity index (χ1) is 12.3. The Labute approximate surface area is 154 Å². The second-order valence-electron chi connectivity index (χ2n) is 5.51. The van der Waals surface area contributed by atoms with Crippen molar-refractivity contribution in [1.82, 2.24) is 10.9 Å². The predicted octanol–water partition coefficient (Wildman–Crippen LogP) is 2.50. The van der Waals surface area contributed by atoms with Gasteiger partial charge in [-0.05, 0) is 49.2 Å². The third-order valence-corrected chi connectivity index (χ3v) is 4.09. The van der Waals surface area contributed by atoms with Crippen LogP contribution < -0.4 is 15.6 Å². The van der Waals surface area contributed by atoms with Crippen molar-refractivity contribution in [2.75, 3.05) is 6.61 Å². The summed E-state index contributed by atoms with van der Waals surface area (Å²) in [7, 11) is 0. The lowest BCUT2D eigenvalue weighted by Crippen LogP contribution is -2.44. The van der Waals surface area contributed by atoms with Crippen molar-refractivity contribution in [2.45, 2.75) is 13.8 Å². The van der Waals surface area contributed by atoms with Crippen LogP contribution in [0.25, 0.3) is 0 Å². The Morgan fingerprint density at radius 2 is 1.62 bits per heavy atom. The summed E-state index contributed by atoms with van der Waals surface area (Å²) in [5, 5.41) is 9.70. The molecular formula is C18H17ClN2O5. The van der Waals surface area contributed by atoms with Crippen molar-refractivity contribution in [1.29, 1.82) is 0 Å². The molecule has 0 aliphatic rings. The van der Waals surface area contributed by atoms with E-state index in [2.05, 4.69) is 10.9 Å². The van der Waals surface area contributed by atoms with Gasteiger partial charge >= 0.3 is 5.97 Å². The van der Waals surface area contributed by atoms with Gasteiger partial charge in [0.05, 0.1) is 11.1 Å². The van der Waals surface area contributed by atoms with Crippen LogP contribution in [-0.4, -0.2) is 29.5 Å². The van der Waals surface area contributed by atoms with E-state index in [-0.39, 0.29) is 17.7 Å². The van der Waals surface area contributed by atoms with E-state index in [1.165, 1.54) is 24.3 Å². The number of carbonyl (C=O) groups excluding carboxylic acids is 2. The molecule has 0 spiro atoms. The molecule has 0 saturated carbocycles. The first-order valence-electron chi connectivity index (χ1n) is 7.60. The van der Waals surface area contributed by atoms with Crippen LogP contribution in [-0.2, 0) is 4.79 Å². The molecule has 26 heavy (non-hydrogen) atoms. The van der Waals surface area contributed by atoms with Crippen LogP contribution in [0.1, 0.15) is 31.8 Å². The molecule has 0 heterocycles. The average molecular weight is 377 g/mol. The lowest BCUT2D eigenvalue weighted by Gasteiger charge is -2.11. The van der Waals surface area contributed by atoms with Crippen molar-refractivity contribution in [3.63, 3.8) is 0 Å². The van der Waals surface area contributed by atoms with Gasteiger partial charge in [0.15, 0.2) is 6.61 Å². The fourth-order valence-electron chi connectivity index (χ4n) is 2.24. The first-order valence-corrected chi connectivity index (χ1v) is 7.98. The summed E-state index contributed by atoms with van der Waals surface area (Å²) >= 11 is 6.07. The van der Waals surface area contributed by atoms with E-state index in [4.69, 9.17) is 21.4 Å². The van der Waals surface area contributed by atoms with Gasteiger partial charge in [-0.1, -0.05) is 23.7 Å². The number of aromatic carboxylic acids is 1. The quantitative estimate of drug-likeness (QED) is 0.695. The molecule has 0 radical (unpaired) electrons. The SMILES string of the molecule is Cc1cc(OCC(=O)NNC(=O)c2ccccc2C(=O)O)cc(C)c1Cl. The number of amides is 2. The second kappa shape index (κ2) is 8.35. The Balaban J connectivity index is 1.91. The van der Waals surface area contributed by atoms with Gasteiger partial charge in [0.25, 0.3) is 11.8 Å². The monoisotopic (exact) mass is 376 g/mol. The average Bonchev–Trinajstić information content (AvgIpc) is 2.62. The van der Waals surface area contributed by atoms with E-state index < -0.39 is 17.8 Å². The zero-order valence-electron chi connectivity index (χ0n) is 14.1. The van der Waals surface area contributed by atoms with E-state index in [9.17, 15) is 14.4 Å². The number of aryl methyl sites for hydroxylation is 2. The Morgan fingerprint density at radius 1 is 1.04 bits per heavy atom. The summed E-state index contributed by atoms with van der Waals surface area (Å²) in [5.74, 6) is -2.10. The molecule has 0 saturated heterocycles. The maximum Gasteiger partial charge on any atom is 0.336 e. The van der Waals surface area contributed by atoms with Crippen LogP contribution in [0.2, 0.25) is 5.02 Å². The van der Waals surface area contributed by atoms with Crippen LogP contribution in [0.5, 0.6) is 5.75 Å². The minimum atomic E-state index is -1.24. The highest BCUT2D eigenvalue weighted by atomic mass is 35.5. The number of benzene rings is 2. The number of hydrazine groups is 1. The maximum atomic E-state index is 12.0.